The molecule has 2 aliphatic rings. The molecular formula is C34H46O8. The van der Waals surface area contributed by atoms with Crippen LogP contribution in [-0.2, 0) is 28.4 Å². The van der Waals surface area contributed by atoms with Crippen molar-refractivity contribution in [2.45, 2.75) is 52.4 Å². The van der Waals surface area contributed by atoms with Gasteiger partial charge in [-0.2, -0.15) is 0 Å². The summed E-state index contributed by atoms with van der Waals surface area (Å²) in [6.07, 6.45) is 5.27. The van der Waals surface area contributed by atoms with Gasteiger partial charge >= 0.3 is 11.9 Å². The van der Waals surface area contributed by atoms with Crippen molar-refractivity contribution in [1.29, 1.82) is 0 Å². The highest BCUT2D eigenvalue weighted by molar-refractivity contribution is 5.93. The summed E-state index contributed by atoms with van der Waals surface area (Å²) in [6, 6.07) is 14.5. The van der Waals surface area contributed by atoms with Crippen LogP contribution in [0.25, 0.3) is 11.1 Å². The van der Waals surface area contributed by atoms with Gasteiger partial charge < -0.3 is 28.4 Å². The number of unbranched alkanes of at least 4 members (excludes halogenated alkanes) is 2. The minimum absolute atomic E-state index is 0.191. The molecule has 2 aromatic rings. The first kappa shape index (κ1) is 32.1. The topological polar surface area (TPSA) is 89.5 Å². The molecule has 0 bridgehead atoms. The molecule has 42 heavy (non-hydrogen) atoms. The Kier molecular flexibility index (Phi) is 12.4. The van der Waals surface area contributed by atoms with Gasteiger partial charge in [0.2, 0.25) is 0 Å². The summed E-state index contributed by atoms with van der Waals surface area (Å²) < 4.78 is 33.3. The molecule has 2 aromatic carbocycles. The predicted octanol–water partition coefficient (Wildman–Crippen LogP) is 6.11. The highest BCUT2D eigenvalue weighted by Crippen LogP contribution is 2.32. The van der Waals surface area contributed by atoms with E-state index in [9.17, 15) is 9.59 Å². The fraction of sp³-hybridized carbons (Fsp3) is 0.588. The smallest absolute Gasteiger partial charge is 0.338 e. The Morgan fingerprint density at radius 3 is 1.40 bits per heavy atom. The van der Waals surface area contributed by atoms with E-state index in [1.807, 2.05) is 24.3 Å². The van der Waals surface area contributed by atoms with Gasteiger partial charge in [-0.1, -0.05) is 38.1 Å². The largest absolute Gasteiger partial charge is 0.462 e. The normalized spacial score (nSPS) is 16.7. The lowest BCUT2D eigenvalue weighted by atomic mass is 9.84. The molecule has 0 N–H and O–H groups in total. The van der Waals surface area contributed by atoms with E-state index in [0.29, 0.717) is 37.6 Å². The highest BCUT2D eigenvalue weighted by Gasteiger charge is 2.37. The zero-order chi connectivity index (χ0) is 29.7. The molecule has 8 heteroatoms. The van der Waals surface area contributed by atoms with Gasteiger partial charge in [-0.15, -0.1) is 0 Å². The highest BCUT2D eigenvalue weighted by atomic mass is 16.5. The number of esters is 2. The Balaban J connectivity index is 1.14. The lowest BCUT2D eigenvalue weighted by Crippen LogP contribution is -2.45. The molecule has 0 radical (unpaired) electrons. The Morgan fingerprint density at radius 2 is 1.05 bits per heavy atom. The molecule has 0 atom stereocenters. The van der Waals surface area contributed by atoms with Gasteiger partial charge in [-0.05, 0) is 73.9 Å². The number of benzene rings is 2. The number of ether oxygens (including phenoxy) is 6. The van der Waals surface area contributed by atoms with Crippen LogP contribution in [0.4, 0.5) is 0 Å². The zero-order valence-electron chi connectivity index (χ0n) is 25.2. The van der Waals surface area contributed by atoms with Gasteiger partial charge in [0.1, 0.15) is 0 Å². The van der Waals surface area contributed by atoms with Crippen molar-refractivity contribution in [3.05, 3.63) is 59.7 Å². The first-order chi connectivity index (χ1) is 20.5. The molecule has 0 spiro atoms. The predicted molar refractivity (Wildman–Crippen MR) is 160 cm³/mol. The molecule has 0 saturated carbocycles. The summed E-state index contributed by atoms with van der Waals surface area (Å²) in [5.74, 6) is -0.723. The van der Waals surface area contributed by atoms with E-state index in [1.165, 1.54) is 0 Å². The SMILES string of the molecule is CCC1(COCCCCOC(=O)c2cccc(-c3cccc(C(=O)OCCCCOCC4(CC)COC4)c3)c2)COC1. The molecule has 8 nitrogen and oxygen atoms in total. The third kappa shape index (κ3) is 9.11. The van der Waals surface area contributed by atoms with Crippen molar-refractivity contribution in [2.75, 3.05) is 66.1 Å². The van der Waals surface area contributed by atoms with Gasteiger partial charge in [-0.3, -0.25) is 0 Å². The standard InChI is InChI=1S/C34H46O8/c1-3-33(23-39-24-33)21-37-15-5-7-17-41-31(35)29-13-9-11-27(19-29)28-12-10-14-30(20-28)32(36)42-18-8-6-16-38-22-34(4-2)25-40-26-34/h9-14,19-20H,3-8,15-18,21-26H2,1-2H3. The van der Waals surface area contributed by atoms with Crippen LogP contribution in [-0.4, -0.2) is 78.0 Å². The molecule has 0 amide bonds. The first-order valence-electron chi connectivity index (χ1n) is 15.3. The summed E-state index contributed by atoms with van der Waals surface area (Å²) in [5.41, 5.74) is 2.99. The molecule has 0 aliphatic carbocycles. The van der Waals surface area contributed by atoms with E-state index >= 15 is 0 Å². The van der Waals surface area contributed by atoms with Crippen molar-refractivity contribution < 1.29 is 38.0 Å². The van der Waals surface area contributed by atoms with Gasteiger partial charge in [0, 0.05) is 24.0 Å². The maximum Gasteiger partial charge on any atom is 0.338 e. The Bertz CT molecular complexity index is 1040. The second-order valence-corrected chi connectivity index (χ2v) is 11.6. The third-order valence-corrected chi connectivity index (χ3v) is 8.31. The third-order valence-electron chi connectivity index (χ3n) is 8.31. The van der Waals surface area contributed by atoms with Crippen LogP contribution >= 0.6 is 0 Å². The fourth-order valence-corrected chi connectivity index (χ4v) is 4.90. The van der Waals surface area contributed by atoms with E-state index in [1.54, 1.807) is 24.3 Å². The molecule has 0 aromatic heterocycles. The van der Waals surface area contributed by atoms with Crippen molar-refractivity contribution in [3.8, 4) is 11.1 Å². The summed E-state index contributed by atoms with van der Waals surface area (Å²) in [5, 5.41) is 0. The fourth-order valence-electron chi connectivity index (χ4n) is 4.90. The van der Waals surface area contributed by atoms with Crippen LogP contribution in [0.1, 0.15) is 73.1 Å². The first-order valence-corrected chi connectivity index (χ1v) is 15.3. The summed E-state index contributed by atoms with van der Waals surface area (Å²) >= 11 is 0. The molecular weight excluding hydrogens is 536 g/mol. The van der Waals surface area contributed by atoms with Gasteiger partial charge in [0.15, 0.2) is 0 Å². The van der Waals surface area contributed by atoms with E-state index in [4.69, 9.17) is 28.4 Å². The van der Waals surface area contributed by atoms with E-state index < -0.39 is 0 Å². The van der Waals surface area contributed by atoms with Gasteiger partial charge in [0.25, 0.3) is 0 Å². The molecule has 2 fully saturated rings. The summed E-state index contributed by atoms with van der Waals surface area (Å²) in [4.78, 5) is 25.3. The van der Waals surface area contributed by atoms with Crippen molar-refractivity contribution in [2.24, 2.45) is 10.8 Å². The zero-order valence-corrected chi connectivity index (χ0v) is 25.2. The number of carbonyl (C=O) groups is 2. The maximum atomic E-state index is 12.6. The van der Waals surface area contributed by atoms with Crippen molar-refractivity contribution in [3.63, 3.8) is 0 Å². The number of hydrogen-bond acceptors (Lipinski definition) is 8. The molecule has 2 aliphatic heterocycles. The van der Waals surface area contributed by atoms with Gasteiger partial charge in [0.05, 0.1) is 64.0 Å². The summed E-state index contributed by atoms with van der Waals surface area (Å²) in [6.45, 7) is 10.9. The van der Waals surface area contributed by atoms with Crippen LogP contribution in [0.5, 0.6) is 0 Å². The van der Waals surface area contributed by atoms with Crippen LogP contribution in [0.3, 0.4) is 0 Å². The minimum Gasteiger partial charge on any atom is -0.462 e. The lowest BCUT2D eigenvalue weighted by Gasteiger charge is -2.40. The Morgan fingerprint density at radius 1 is 0.643 bits per heavy atom. The molecule has 4 rings (SSSR count). The number of carbonyl (C=O) groups excluding carboxylic acids is 2. The molecule has 230 valence electrons. The second kappa shape index (κ2) is 16.2. The Labute approximate surface area is 250 Å². The van der Waals surface area contributed by atoms with Crippen LogP contribution in [0.15, 0.2) is 48.5 Å². The van der Waals surface area contributed by atoms with E-state index in [-0.39, 0.29) is 22.8 Å². The lowest BCUT2D eigenvalue weighted by molar-refractivity contribution is -0.150. The Hall–Kier alpha value is -2.78. The van der Waals surface area contributed by atoms with Crippen molar-refractivity contribution >= 4 is 11.9 Å². The monoisotopic (exact) mass is 582 g/mol. The molecule has 2 saturated heterocycles. The van der Waals surface area contributed by atoms with Crippen molar-refractivity contribution in [1.82, 2.24) is 0 Å². The van der Waals surface area contributed by atoms with Crippen LogP contribution in [0.2, 0.25) is 0 Å². The van der Waals surface area contributed by atoms with Crippen LogP contribution < -0.4 is 0 Å². The second-order valence-electron chi connectivity index (χ2n) is 11.6. The van der Waals surface area contributed by atoms with Crippen LogP contribution in [0, 0.1) is 10.8 Å². The number of hydrogen-bond donors (Lipinski definition) is 0. The van der Waals surface area contributed by atoms with E-state index in [0.717, 1.165) is 89.3 Å². The summed E-state index contributed by atoms with van der Waals surface area (Å²) in [7, 11) is 0. The average Bonchev–Trinajstić information content (AvgIpc) is 2.98. The molecule has 2 heterocycles. The minimum atomic E-state index is -0.361. The quantitative estimate of drug-likeness (QED) is 0.145. The number of rotatable bonds is 19. The van der Waals surface area contributed by atoms with Gasteiger partial charge in [-0.25, -0.2) is 9.59 Å². The average molecular weight is 583 g/mol. The molecule has 0 unspecified atom stereocenters. The van der Waals surface area contributed by atoms with E-state index in [2.05, 4.69) is 13.8 Å². The maximum absolute atomic E-state index is 12.6.